The Kier molecular flexibility index (Phi) is 3.86. The summed E-state index contributed by atoms with van der Waals surface area (Å²) >= 11 is 3.34. The Balaban J connectivity index is 1.74. The van der Waals surface area contributed by atoms with Crippen molar-refractivity contribution >= 4 is 53.9 Å². The lowest BCUT2D eigenvalue weighted by atomic mass is 10.3. The van der Waals surface area contributed by atoms with E-state index in [2.05, 4.69) is 22.4 Å². The lowest BCUT2D eigenvalue weighted by Gasteiger charge is -2.14. The van der Waals surface area contributed by atoms with Crippen LogP contribution in [-0.4, -0.2) is 16.1 Å². The van der Waals surface area contributed by atoms with Gasteiger partial charge in [-0.2, -0.15) is 0 Å². The quantitative estimate of drug-likeness (QED) is 0.507. The van der Waals surface area contributed by atoms with Gasteiger partial charge in [-0.05, 0) is 45.0 Å². The van der Waals surface area contributed by atoms with E-state index in [1.807, 2.05) is 45.0 Å². The molecule has 0 aliphatic rings. The molecular formula is C18H17N3OS2. The van der Waals surface area contributed by atoms with Crippen LogP contribution in [0, 0.1) is 6.92 Å². The summed E-state index contributed by atoms with van der Waals surface area (Å²) in [5, 5.41) is 5.34. The van der Waals surface area contributed by atoms with Crippen LogP contribution in [0.2, 0.25) is 0 Å². The van der Waals surface area contributed by atoms with Crippen LogP contribution in [0.4, 0.5) is 10.8 Å². The van der Waals surface area contributed by atoms with Crippen molar-refractivity contribution in [3.63, 3.8) is 0 Å². The molecule has 2 aromatic heterocycles. The first-order chi connectivity index (χ1) is 11.6. The first-order valence-corrected chi connectivity index (χ1v) is 9.43. The van der Waals surface area contributed by atoms with E-state index >= 15 is 0 Å². The molecule has 0 fully saturated rings. The molecule has 2 heterocycles. The first-order valence-electron chi connectivity index (χ1n) is 7.79. The van der Waals surface area contributed by atoms with Gasteiger partial charge in [0.05, 0.1) is 31.7 Å². The maximum Gasteiger partial charge on any atom is 0.188 e. The molecule has 0 saturated carbocycles. The van der Waals surface area contributed by atoms with Crippen molar-refractivity contribution < 1.29 is 4.74 Å². The number of aromatic nitrogens is 2. The van der Waals surface area contributed by atoms with Crippen molar-refractivity contribution in [1.82, 2.24) is 9.97 Å². The maximum absolute atomic E-state index is 5.87. The molecule has 6 heteroatoms. The molecular weight excluding hydrogens is 338 g/mol. The van der Waals surface area contributed by atoms with Crippen molar-refractivity contribution in [2.45, 2.75) is 26.9 Å². The second-order valence-corrected chi connectivity index (χ2v) is 8.03. The monoisotopic (exact) mass is 355 g/mol. The SMILES string of the molecule is Cc1nc2ccc3sc(Nc4ccccc4OC(C)C)nc3c2s1. The highest BCUT2D eigenvalue weighted by Crippen LogP contribution is 2.37. The molecule has 4 aromatic rings. The molecule has 0 amide bonds. The summed E-state index contributed by atoms with van der Waals surface area (Å²) in [7, 11) is 0. The molecule has 4 rings (SSSR count). The zero-order chi connectivity index (χ0) is 16.7. The minimum atomic E-state index is 0.128. The van der Waals surface area contributed by atoms with Gasteiger partial charge in [-0.25, -0.2) is 9.97 Å². The number of rotatable bonds is 4. The topological polar surface area (TPSA) is 47.0 Å². The fourth-order valence-electron chi connectivity index (χ4n) is 2.58. The Morgan fingerprint density at radius 1 is 1.04 bits per heavy atom. The molecule has 1 N–H and O–H groups in total. The van der Waals surface area contributed by atoms with Crippen molar-refractivity contribution in [2.24, 2.45) is 0 Å². The summed E-state index contributed by atoms with van der Waals surface area (Å²) in [6.07, 6.45) is 0.128. The third-order valence-corrected chi connectivity index (χ3v) is 5.44. The fraction of sp³-hybridized carbons (Fsp3) is 0.222. The van der Waals surface area contributed by atoms with E-state index in [1.54, 1.807) is 22.7 Å². The van der Waals surface area contributed by atoms with Gasteiger partial charge in [0.25, 0.3) is 0 Å². The first kappa shape index (κ1) is 15.4. The van der Waals surface area contributed by atoms with Gasteiger partial charge in [-0.3, -0.25) is 0 Å². The summed E-state index contributed by atoms with van der Waals surface area (Å²) in [5.74, 6) is 0.838. The lowest BCUT2D eigenvalue weighted by molar-refractivity contribution is 0.244. The number of nitrogens with zero attached hydrogens (tertiary/aromatic N) is 2. The molecule has 2 aromatic carbocycles. The Morgan fingerprint density at radius 2 is 1.88 bits per heavy atom. The second-order valence-electron chi connectivity index (χ2n) is 5.80. The number of hydrogen-bond donors (Lipinski definition) is 1. The minimum Gasteiger partial charge on any atom is -0.489 e. The third-order valence-electron chi connectivity index (χ3n) is 3.51. The minimum absolute atomic E-state index is 0.128. The largest absolute Gasteiger partial charge is 0.489 e. The van der Waals surface area contributed by atoms with Gasteiger partial charge in [0.15, 0.2) is 5.13 Å². The standard InChI is InChI=1S/C18H17N3OS2/c1-10(2)22-14-7-5-4-6-12(14)20-18-21-16-15(24-18)9-8-13-17(16)23-11(3)19-13/h4-10H,1-3H3,(H,20,21). The predicted octanol–water partition coefficient (Wildman–Crippen LogP) is 5.75. The summed E-state index contributed by atoms with van der Waals surface area (Å²) in [4.78, 5) is 9.34. The molecule has 0 spiro atoms. The van der Waals surface area contributed by atoms with Crippen LogP contribution in [0.1, 0.15) is 18.9 Å². The number of anilines is 2. The Hall–Kier alpha value is -2.18. The zero-order valence-electron chi connectivity index (χ0n) is 13.7. The number of hydrogen-bond acceptors (Lipinski definition) is 6. The average Bonchev–Trinajstić information content (AvgIpc) is 3.10. The van der Waals surface area contributed by atoms with Gasteiger partial charge >= 0.3 is 0 Å². The van der Waals surface area contributed by atoms with Crippen LogP contribution in [0.3, 0.4) is 0 Å². The van der Waals surface area contributed by atoms with Gasteiger partial charge in [-0.1, -0.05) is 23.5 Å². The molecule has 0 aliphatic carbocycles. The number of thiazole rings is 2. The van der Waals surface area contributed by atoms with Crippen LogP contribution in [-0.2, 0) is 0 Å². The van der Waals surface area contributed by atoms with Crippen LogP contribution in [0.25, 0.3) is 20.4 Å². The van der Waals surface area contributed by atoms with Gasteiger partial charge in [0.1, 0.15) is 11.3 Å². The molecule has 0 saturated heterocycles. The van der Waals surface area contributed by atoms with Crippen LogP contribution in [0.15, 0.2) is 36.4 Å². The summed E-state index contributed by atoms with van der Waals surface area (Å²) in [6.45, 7) is 6.08. The zero-order valence-corrected chi connectivity index (χ0v) is 15.3. The fourth-order valence-corrected chi connectivity index (χ4v) is 4.44. The van der Waals surface area contributed by atoms with Crippen molar-refractivity contribution in [3.8, 4) is 5.75 Å². The molecule has 4 nitrogen and oxygen atoms in total. The Labute approximate surface area is 148 Å². The molecule has 0 radical (unpaired) electrons. The highest BCUT2D eigenvalue weighted by molar-refractivity contribution is 7.24. The van der Waals surface area contributed by atoms with E-state index < -0.39 is 0 Å². The Bertz CT molecular complexity index is 1020. The Morgan fingerprint density at radius 3 is 2.71 bits per heavy atom. The molecule has 0 aliphatic heterocycles. The van der Waals surface area contributed by atoms with Crippen LogP contribution in [0.5, 0.6) is 5.75 Å². The number of para-hydroxylation sites is 2. The number of aryl methyl sites for hydroxylation is 1. The number of fused-ring (bicyclic) bond motifs is 3. The van der Waals surface area contributed by atoms with E-state index in [4.69, 9.17) is 9.72 Å². The van der Waals surface area contributed by atoms with E-state index in [-0.39, 0.29) is 6.10 Å². The molecule has 0 unspecified atom stereocenters. The lowest BCUT2D eigenvalue weighted by Crippen LogP contribution is -2.07. The van der Waals surface area contributed by atoms with Crippen LogP contribution < -0.4 is 10.1 Å². The number of benzene rings is 2. The second kappa shape index (κ2) is 6.03. The summed E-state index contributed by atoms with van der Waals surface area (Å²) in [6, 6.07) is 12.1. The smallest absolute Gasteiger partial charge is 0.188 e. The van der Waals surface area contributed by atoms with E-state index in [0.717, 1.165) is 42.0 Å². The molecule has 122 valence electrons. The molecule has 24 heavy (non-hydrogen) atoms. The van der Waals surface area contributed by atoms with Crippen molar-refractivity contribution in [3.05, 3.63) is 41.4 Å². The van der Waals surface area contributed by atoms with Gasteiger partial charge in [0.2, 0.25) is 0 Å². The summed E-state index contributed by atoms with van der Waals surface area (Å²) < 4.78 is 8.19. The van der Waals surface area contributed by atoms with Crippen LogP contribution >= 0.6 is 22.7 Å². The highest BCUT2D eigenvalue weighted by Gasteiger charge is 2.12. The number of ether oxygens (including phenoxy) is 1. The maximum atomic E-state index is 5.87. The van der Waals surface area contributed by atoms with E-state index in [0.29, 0.717) is 0 Å². The van der Waals surface area contributed by atoms with Gasteiger partial charge in [-0.15, -0.1) is 11.3 Å². The number of nitrogens with one attached hydrogen (secondary N) is 1. The van der Waals surface area contributed by atoms with Gasteiger partial charge < -0.3 is 10.1 Å². The van der Waals surface area contributed by atoms with E-state index in [9.17, 15) is 0 Å². The van der Waals surface area contributed by atoms with E-state index in [1.165, 1.54) is 0 Å². The molecule has 0 atom stereocenters. The van der Waals surface area contributed by atoms with Crippen molar-refractivity contribution in [1.29, 1.82) is 0 Å². The normalized spacial score (nSPS) is 11.5. The predicted molar refractivity (Wildman–Crippen MR) is 103 cm³/mol. The summed E-state index contributed by atoms with van der Waals surface area (Å²) in [5.41, 5.74) is 2.97. The van der Waals surface area contributed by atoms with Gasteiger partial charge in [0, 0.05) is 0 Å². The average molecular weight is 355 g/mol. The van der Waals surface area contributed by atoms with Crippen molar-refractivity contribution in [2.75, 3.05) is 5.32 Å². The molecule has 0 bridgehead atoms. The highest BCUT2D eigenvalue weighted by atomic mass is 32.1. The third kappa shape index (κ3) is 2.83.